The molecular formula is C26H23N2OP3. The molecule has 0 heterocycles. The number of fused-ring (bicyclic) bond motifs is 10. The predicted molar refractivity (Wildman–Crippen MR) is 144 cm³/mol. The second-order valence-electron chi connectivity index (χ2n) is 8.38. The lowest BCUT2D eigenvalue weighted by molar-refractivity contribution is 0.648. The molecule has 1 spiro atoms. The van der Waals surface area contributed by atoms with Gasteiger partial charge in [-0.25, -0.2) is 0 Å². The summed E-state index contributed by atoms with van der Waals surface area (Å²) < 4.78 is 3.91. The molecule has 2 aliphatic rings. The number of rotatable bonds is 3. The van der Waals surface area contributed by atoms with Crippen molar-refractivity contribution >= 4 is 39.1 Å². The highest BCUT2D eigenvalue weighted by molar-refractivity contribution is 7.47. The maximum atomic E-state index is 9.81. The van der Waals surface area contributed by atoms with Crippen molar-refractivity contribution in [3.05, 3.63) is 107 Å². The van der Waals surface area contributed by atoms with Gasteiger partial charge in [-0.1, -0.05) is 60.7 Å². The number of nitrogens with zero attached hydrogens (tertiary/aromatic N) is 2. The Balaban J connectivity index is 1.78. The number of anilines is 2. The molecule has 0 aromatic heterocycles. The molecule has 32 heavy (non-hydrogen) atoms. The Morgan fingerprint density at radius 2 is 1.12 bits per heavy atom. The third-order valence-corrected chi connectivity index (χ3v) is 8.27. The van der Waals surface area contributed by atoms with E-state index in [0.29, 0.717) is 0 Å². The van der Waals surface area contributed by atoms with Crippen molar-refractivity contribution in [2.24, 2.45) is 0 Å². The van der Waals surface area contributed by atoms with E-state index in [0.717, 1.165) is 11.4 Å². The first-order chi connectivity index (χ1) is 15.6. The van der Waals surface area contributed by atoms with Gasteiger partial charge in [0.15, 0.2) is 0 Å². The van der Waals surface area contributed by atoms with E-state index < -0.39 is 0 Å². The van der Waals surface area contributed by atoms with Crippen LogP contribution in [0.4, 0.5) is 11.4 Å². The van der Waals surface area contributed by atoms with E-state index in [1.54, 1.807) is 0 Å². The Bertz CT molecular complexity index is 1340. The summed E-state index contributed by atoms with van der Waals surface area (Å²) in [6.45, 7) is 0. The highest BCUT2D eigenvalue weighted by Gasteiger charge is 2.51. The second-order valence-corrected chi connectivity index (χ2v) is 10.9. The van der Waals surface area contributed by atoms with Crippen LogP contribution in [0.1, 0.15) is 22.3 Å². The molecule has 0 saturated carbocycles. The maximum absolute atomic E-state index is 9.81. The summed E-state index contributed by atoms with van der Waals surface area (Å²) in [7, 11) is 7.16. The van der Waals surface area contributed by atoms with Crippen LogP contribution in [0.5, 0.6) is 0 Å². The molecule has 3 nitrogen and oxygen atoms in total. The van der Waals surface area contributed by atoms with E-state index in [2.05, 4.69) is 115 Å². The van der Waals surface area contributed by atoms with Crippen LogP contribution in [0.3, 0.4) is 0 Å². The molecule has 1 N–H and O–H groups in total. The molecule has 0 fully saturated rings. The zero-order valence-electron chi connectivity index (χ0n) is 17.6. The van der Waals surface area contributed by atoms with Crippen LogP contribution in [0.25, 0.3) is 22.3 Å². The third kappa shape index (κ3) is 2.57. The van der Waals surface area contributed by atoms with Crippen LogP contribution in [0, 0.1) is 0 Å². The lowest BCUT2D eigenvalue weighted by atomic mass is 9.70. The average Bonchev–Trinajstić information content (AvgIpc) is 3.30. The molecule has 0 aliphatic heterocycles. The van der Waals surface area contributed by atoms with Gasteiger partial charge in [0.05, 0.1) is 5.41 Å². The molecule has 2 aliphatic carbocycles. The smallest absolute Gasteiger partial charge is 0.117 e. The molecule has 0 saturated heterocycles. The summed E-state index contributed by atoms with van der Waals surface area (Å²) in [4.78, 5) is 9.81. The summed E-state index contributed by atoms with van der Waals surface area (Å²) in [5, 5.41) is 0. The molecule has 3 atom stereocenters. The minimum Gasteiger partial charge on any atom is -0.359 e. The molecule has 4 aromatic rings. The third-order valence-electron chi connectivity index (χ3n) is 6.85. The summed E-state index contributed by atoms with van der Waals surface area (Å²) in [6.07, 6.45) is 0. The minimum atomic E-state index is -0.380. The lowest BCUT2D eigenvalue weighted by Gasteiger charge is -2.31. The first-order valence-corrected chi connectivity index (χ1v) is 12.4. The summed E-state index contributed by atoms with van der Waals surface area (Å²) in [6, 6.07) is 31.0. The van der Waals surface area contributed by atoms with Crippen molar-refractivity contribution < 1.29 is 4.89 Å². The van der Waals surface area contributed by atoms with Crippen molar-refractivity contribution in [3.63, 3.8) is 0 Å². The average molecular weight is 472 g/mol. The fourth-order valence-corrected chi connectivity index (χ4v) is 6.12. The Hall–Kier alpha value is -2.27. The predicted octanol–water partition coefficient (Wildman–Crippen LogP) is 6.35. The first kappa shape index (κ1) is 20.3. The largest absolute Gasteiger partial charge is 0.359 e. The Morgan fingerprint density at radius 3 is 1.66 bits per heavy atom. The van der Waals surface area contributed by atoms with Crippen LogP contribution >= 0.6 is 27.7 Å². The molecule has 0 bridgehead atoms. The van der Waals surface area contributed by atoms with Crippen molar-refractivity contribution in [3.8, 4) is 22.3 Å². The Labute approximate surface area is 194 Å². The maximum Gasteiger partial charge on any atom is 0.117 e. The molecule has 158 valence electrons. The number of hydrogen-bond donors (Lipinski definition) is 1. The van der Waals surface area contributed by atoms with Crippen LogP contribution in [0.2, 0.25) is 0 Å². The number of hydrogen-bond acceptors (Lipinski definition) is 3. The topological polar surface area (TPSA) is 26.7 Å². The van der Waals surface area contributed by atoms with Crippen LogP contribution in [-0.2, 0) is 5.41 Å². The van der Waals surface area contributed by atoms with E-state index >= 15 is 0 Å². The van der Waals surface area contributed by atoms with Gasteiger partial charge in [-0.3, -0.25) is 0 Å². The van der Waals surface area contributed by atoms with Crippen LogP contribution < -0.4 is 9.11 Å². The van der Waals surface area contributed by atoms with Gasteiger partial charge in [0.1, 0.15) is 8.96 Å². The SMILES string of the molecule is CN(P)c1ccc2c(c1)C1(c3ccccc3-c3ccccc31)c1cc(N(P)PO)ccc1-2. The Morgan fingerprint density at radius 1 is 0.656 bits per heavy atom. The van der Waals surface area contributed by atoms with Gasteiger partial charge in [0.25, 0.3) is 0 Å². The van der Waals surface area contributed by atoms with E-state index in [9.17, 15) is 4.89 Å². The van der Waals surface area contributed by atoms with E-state index in [1.807, 2.05) is 4.44 Å². The van der Waals surface area contributed by atoms with E-state index in [-0.39, 0.29) is 14.4 Å². The van der Waals surface area contributed by atoms with Gasteiger partial charge >= 0.3 is 0 Å². The molecule has 0 amide bonds. The van der Waals surface area contributed by atoms with Gasteiger partial charge < -0.3 is 14.0 Å². The van der Waals surface area contributed by atoms with Crippen molar-refractivity contribution in [2.45, 2.75) is 5.41 Å². The van der Waals surface area contributed by atoms with Crippen molar-refractivity contribution in [1.82, 2.24) is 0 Å². The molecule has 0 radical (unpaired) electrons. The van der Waals surface area contributed by atoms with Crippen molar-refractivity contribution in [2.75, 3.05) is 16.2 Å². The lowest BCUT2D eigenvalue weighted by Crippen LogP contribution is -2.26. The van der Waals surface area contributed by atoms with Crippen molar-refractivity contribution in [1.29, 1.82) is 0 Å². The van der Waals surface area contributed by atoms with E-state index in [1.165, 1.54) is 44.5 Å². The van der Waals surface area contributed by atoms with Crippen LogP contribution in [0.15, 0.2) is 84.9 Å². The molecule has 6 heteroatoms. The van der Waals surface area contributed by atoms with Crippen LogP contribution in [-0.4, -0.2) is 11.9 Å². The summed E-state index contributed by atoms with van der Waals surface area (Å²) in [5.74, 6) is 0. The van der Waals surface area contributed by atoms with Gasteiger partial charge in [-0.2, -0.15) is 0 Å². The minimum absolute atomic E-state index is 0.310. The Kier molecular flexibility index (Phi) is 4.69. The number of benzene rings is 4. The van der Waals surface area contributed by atoms with Gasteiger partial charge in [-0.05, 0) is 87.6 Å². The first-order valence-electron chi connectivity index (χ1n) is 10.5. The fourth-order valence-electron chi connectivity index (χ4n) is 5.54. The normalized spacial score (nSPS) is 14.4. The summed E-state index contributed by atoms with van der Waals surface area (Å²) in [5.41, 5.74) is 12.1. The standard InChI is InChI=1S/C26H23N2OP3/c1-27(30)16-10-12-20-21-13-11-17(28(31)32-29)15-25(21)26(24(20)14-16)22-8-4-2-6-18(22)19-7-3-5-9-23(19)26/h2-15,29,32H,30-31H2,1H3. The van der Waals surface area contributed by atoms with E-state index in [4.69, 9.17) is 0 Å². The zero-order valence-corrected chi connectivity index (χ0v) is 20.9. The molecule has 4 aromatic carbocycles. The molecule has 6 rings (SSSR count). The second kappa shape index (κ2) is 7.38. The highest BCUT2D eigenvalue weighted by Crippen LogP contribution is 2.63. The highest BCUT2D eigenvalue weighted by atomic mass is 31.1. The fraction of sp³-hybridized carbons (Fsp3) is 0.0769. The molecular weight excluding hydrogens is 449 g/mol. The van der Waals surface area contributed by atoms with Gasteiger partial charge in [0.2, 0.25) is 0 Å². The molecule has 3 unspecified atom stereocenters. The van der Waals surface area contributed by atoms with Gasteiger partial charge in [0, 0.05) is 18.4 Å². The van der Waals surface area contributed by atoms with Gasteiger partial charge in [-0.15, -0.1) is 0 Å². The quantitative estimate of drug-likeness (QED) is 0.304. The monoisotopic (exact) mass is 472 g/mol. The summed E-state index contributed by atoms with van der Waals surface area (Å²) >= 11 is 0. The zero-order chi connectivity index (χ0) is 22.0.